The maximum atomic E-state index is 5.25. The third kappa shape index (κ3) is 5.47. The number of nitrogens with zero attached hydrogens (tertiary/aromatic N) is 2. The fraction of sp³-hybridized carbons (Fsp3) is 0.688. The summed E-state index contributed by atoms with van der Waals surface area (Å²) in [5, 5.41) is 3.47. The fourth-order valence-electron chi connectivity index (χ4n) is 2.26. The summed E-state index contributed by atoms with van der Waals surface area (Å²) in [5.41, 5.74) is 1.28. The number of aromatic nitrogens is 1. The van der Waals surface area contributed by atoms with Crippen LogP contribution in [0.3, 0.4) is 0 Å². The second-order valence-electron chi connectivity index (χ2n) is 5.64. The molecule has 0 amide bonds. The largest absolute Gasteiger partial charge is 0.383 e. The van der Waals surface area contributed by atoms with Crippen LogP contribution in [0.1, 0.15) is 33.3 Å². The standard InChI is InChI=1S/C16H29N3O/c1-6-19(14(4)12-20-5)16-9-15(7-8-18-16)11-17-10-13(2)3/h7-9,13-14,17H,6,10-12H2,1-5H3. The van der Waals surface area contributed by atoms with Crippen molar-refractivity contribution in [3.8, 4) is 0 Å². The molecule has 4 nitrogen and oxygen atoms in total. The Morgan fingerprint density at radius 3 is 2.70 bits per heavy atom. The van der Waals surface area contributed by atoms with Gasteiger partial charge in [0.05, 0.1) is 12.6 Å². The summed E-state index contributed by atoms with van der Waals surface area (Å²) in [6.45, 7) is 12.3. The Balaban J connectivity index is 2.69. The first-order valence-corrected chi connectivity index (χ1v) is 7.49. The molecule has 0 saturated heterocycles. The van der Waals surface area contributed by atoms with E-state index >= 15 is 0 Å². The second kappa shape index (κ2) is 8.93. The molecule has 0 radical (unpaired) electrons. The zero-order chi connectivity index (χ0) is 15.0. The van der Waals surface area contributed by atoms with Crippen LogP contribution in [0.5, 0.6) is 0 Å². The Labute approximate surface area is 123 Å². The van der Waals surface area contributed by atoms with Crippen molar-refractivity contribution in [3.05, 3.63) is 23.9 Å². The van der Waals surface area contributed by atoms with Crippen molar-refractivity contribution in [1.82, 2.24) is 10.3 Å². The van der Waals surface area contributed by atoms with Crippen molar-refractivity contribution in [2.24, 2.45) is 5.92 Å². The molecule has 0 aliphatic carbocycles. The van der Waals surface area contributed by atoms with Crippen LogP contribution in [0.25, 0.3) is 0 Å². The average molecular weight is 279 g/mol. The number of nitrogens with one attached hydrogen (secondary N) is 1. The summed E-state index contributed by atoms with van der Waals surface area (Å²) < 4.78 is 5.25. The average Bonchev–Trinajstić information content (AvgIpc) is 2.40. The molecule has 1 unspecified atom stereocenters. The van der Waals surface area contributed by atoms with Gasteiger partial charge in [-0.2, -0.15) is 0 Å². The van der Waals surface area contributed by atoms with E-state index in [0.29, 0.717) is 18.6 Å². The predicted octanol–water partition coefficient (Wildman–Crippen LogP) is 2.69. The number of methoxy groups -OCH3 is 1. The van der Waals surface area contributed by atoms with Crippen LogP contribution >= 0.6 is 0 Å². The lowest BCUT2D eigenvalue weighted by atomic mass is 10.2. The minimum Gasteiger partial charge on any atom is -0.383 e. The number of ether oxygens (including phenoxy) is 1. The molecule has 1 atom stereocenters. The highest BCUT2D eigenvalue weighted by Crippen LogP contribution is 2.15. The van der Waals surface area contributed by atoms with Crippen molar-refractivity contribution in [2.75, 3.05) is 31.7 Å². The van der Waals surface area contributed by atoms with Gasteiger partial charge in [-0.25, -0.2) is 4.98 Å². The Morgan fingerprint density at radius 1 is 1.35 bits per heavy atom. The van der Waals surface area contributed by atoms with Gasteiger partial charge in [0.2, 0.25) is 0 Å². The molecule has 114 valence electrons. The topological polar surface area (TPSA) is 37.4 Å². The number of anilines is 1. The third-order valence-electron chi connectivity index (χ3n) is 3.27. The minimum atomic E-state index is 0.330. The van der Waals surface area contributed by atoms with Gasteiger partial charge in [0, 0.05) is 26.4 Å². The number of likely N-dealkylation sites (N-methyl/N-ethyl adjacent to an activating group) is 1. The van der Waals surface area contributed by atoms with E-state index in [0.717, 1.165) is 25.5 Å². The lowest BCUT2D eigenvalue weighted by molar-refractivity contribution is 0.181. The van der Waals surface area contributed by atoms with Gasteiger partial charge in [0.1, 0.15) is 5.82 Å². The van der Waals surface area contributed by atoms with E-state index in [1.165, 1.54) is 5.56 Å². The van der Waals surface area contributed by atoms with E-state index in [-0.39, 0.29) is 0 Å². The van der Waals surface area contributed by atoms with Gasteiger partial charge < -0.3 is 15.0 Å². The highest BCUT2D eigenvalue weighted by atomic mass is 16.5. The molecular weight excluding hydrogens is 250 g/mol. The lowest BCUT2D eigenvalue weighted by Crippen LogP contribution is -2.36. The van der Waals surface area contributed by atoms with Crippen LogP contribution in [0.4, 0.5) is 5.82 Å². The first kappa shape index (κ1) is 16.9. The quantitative estimate of drug-likeness (QED) is 0.754. The molecule has 0 aromatic carbocycles. The van der Waals surface area contributed by atoms with Crippen molar-refractivity contribution < 1.29 is 4.74 Å². The van der Waals surface area contributed by atoms with Crippen LogP contribution in [0.15, 0.2) is 18.3 Å². The van der Waals surface area contributed by atoms with Gasteiger partial charge in [-0.1, -0.05) is 13.8 Å². The normalized spacial score (nSPS) is 12.7. The third-order valence-corrected chi connectivity index (χ3v) is 3.27. The summed E-state index contributed by atoms with van der Waals surface area (Å²) in [6, 6.07) is 4.57. The summed E-state index contributed by atoms with van der Waals surface area (Å²) in [7, 11) is 1.74. The van der Waals surface area contributed by atoms with Crippen LogP contribution < -0.4 is 10.2 Å². The van der Waals surface area contributed by atoms with Gasteiger partial charge in [-0.05, 0) is 44.0 Å². The molecule has 1 rings (SSSR count). The maximum absolute atomic E-state index is 5.25. The molecule has 0 bridgehead atoms. The lowest BCUT2D eigenvalue weighted by Gasteiger charge is -2.28. The molecule has 4 heteroatoms. The van der Waals surface area contributed by atoms with E-state index in [4.69, 9.17) is 4.74 Å². The van der Waals surface area contributed by atoms with Crippen LogP contribution in [0, 0.1) is 5.92 Å². The maximum Gasteiger partial charge on any atom is 0.129 e. The van der Waals surface area contributed by atoms with E-state index in [1.54, 1.807) is 7.11 Å². The van der Waals surface area contributed by atoms with Crippen molar-refractivity contribution in [3.63, 3.8) is 0 Å². The molecule has 0 aliphatic heterocycles. The fourth-order valence-corrected chi connectivity index (χ4v) is 2.26. The first-order valence-electron chi connectivity index (χ1n) is 7.49. The molecule has 1 N–H and O–H groups in total. The van der Waals surface area contributed by atoms with Crippen molar-refractivity contribution in [1.29, 1.82) is 0 Å². The molecule has 0 aliphatic rings. The number of hydrogen-bond acceptors (Lipinski definition) is 4. The zero-order valence-corrected chi connectivity index (χ0v) is 13.5. The minimum absolute atomic E-state index is 0.330. The highest BCUT2D eigenvalue weighted by molar-refractivity contribution is 5.42. The predicted molar refractivity (Wildman–Crippen MR) is 85.1 cm³/mol. The summed E-state index contributed by atoms with van der Waals surface area (Å²) in [4.78, 5) is 6.77. The molecule has 1 heterocycles. The van der Waals surface area contributed by atoms with E-state index in [2.05, 4.69) is 55.0 Å². The molecule has 1 aromatic heterocycles. The summed E-state index contributed by atoms with van der Waals surface area (Å²) >= 11 is 0. The Kier molecular flexibility index (Phi) is 7.55. The first-order chi connectivity index (χ1) is 9.58. The highest BCUT2D eigenvalue weighted by Gasteiger charge is 2.14. The van der Waals surface area contributed by atoms with Crippen LogP contribution in [-0.4, -0.2) is 37.8 Å². The van der Waals surface area contributed by atoms with Gasteiger partial charge in [0.25, 0.3) is 0 Å². The second-order valence-corrected chi connectivity index (χ2v) is 5.64. The molecule has 0 saturated carbocycles. The Hall–Kier alpha value is -1.13. The summed E-state index contributed by atoms with van der Waals surface area (Å²) in [5.74, 6) is 1.70. The molecule has 0 spiro atoms. The van der Waals surface area contributed by atoms with E-state index in [9.17, 15) is 0 Å². The number of pyridine rings is 1. The van der Waals surface area contributed by atoms with E-state index in [1.807, 2.05) is 6.20 Å². The van der Waals surface area contributed by atoms with Crippen molar-refractivity contribution in [2.45, 2.75) is 40.3 Å². The summed E-state index contributed by atoms with van der Waals surface area (Å²) in [6.07, 6.45) is 1.89. The van der Waals surface area contributed by atoms with Crippen molar-refractivity contribution >= 4 is 5.82 Å². The molecule has 20 heavy (non-hydrogen) atoms. The molecule has 1 aromatic rings. The molecular formula is C16H29N3O. The number of rotatable bonds is 9. The Bertz CT molecular complexity index is 382. The number of hydrogen-bond donors (Lipinski definition) is 1. The SMILES string of the molecule is CCN(c1cc(CNCC(C)C)ccn1)C(C)COC. The van der Waals surface area contributed by atoms with Gasteiger partial charge in [-0.15, -0.1) is 0 Å². The van der Waals surface area contributed by atoms with Gasteiger partial charge in [-0.3, -0.25) is 0 Å². The monoisotopic (exact) mass is 279 g/mol. The van der Waals surface area contributed by atoms with Gasteiger partial charge in [0.15, 0.2) is 0 Å². The Morgan fingerprint density at radius 2 is 2.10 bits per heavy atom. The smallest absolute Gasteiger partial charge is 0.129 e. The van der Waals surface area contributed by atoms with Crippen LogP contribution in [0.2, 0.25) is 0 Å². The van der Waals surface area contributed by atoms with E-state index < -0.39 is 0 Å². The zero-order valence-electron chi connectivity index (χ0n) is 13.5. The van der Waals surface area contributed by atoms with Gasteiger partial charge >= 0.3 is 0 Å². The molecule has 0 fully saturated rings. The van der Waals surface area contributed by atoms with Crippen LogP contribution in [-0.2, 0) is 11.3 Å².